The molecule has 2 nitrogen and oxygen atoms in total. The van der Waals surface area contributed by atoms with Crippen LogP contribution in [0.15, 0.2) is 36.4 Å². The Morgan fingerprint density at radius 1 is 1.20 bits per heavy atom. The van der Waals surface area contributed by atoms with Crippen LogP contribution >= 0.6 is 0 Å². The van der Waals surface area contributed by atoms with E-state index >= 15 is 0 Å². The molecule has 0 aliphatic heterocycles. The Labute approximate surface area is 119 Å². The molecular weight excluding hydrogens is 248 g/mol. The van der Waals surface area contributed by atoms with Crippen molar-refractivity contribution in [3.05, 3.63) is 53.1 Å². The molecule has 1 atom stereocenters. The normalized spacial score (nSPS) is 16.7. The van der Waals surface area contributed by atoms with Crippen LogP contribution in [0, 0.1) is 0 Å². The van der Waals surface area contributed by atoms with Crippen LogP contribution in [0.25, 0.3) is 16.8 Å². The molecule has 2 aromatic rings. The Morgan fingerprint density at radius 2 is 2.00 bits per heavy atom. The van der Waals surface area contributed by atoms with Gasteiger partial charge in [0.05, 0.1) is 0 Å². The van der Waals surface area contributed by atoms with E-state index in [0.717, 1.165) is 5.56 Å². The minimum Gasteiger partial charge on any atom is -0.453 e. The van der Waals surface area contributed by atoms with Gasteiger partial charge in [-0.15, -0.1) is 0 Å². The number of benzene rings is 2. The monoisotopic (exact) mass is 266 g/mol. The number of carbonyl (C=O) groups is 1. The first-order valence-corrected chi connectivity index (χ1v) is 6.99. The highest BCUT2D eigenvalue weighted by Gasteiger charge is 2.21. The average Bonchev–Trinajstić information content (AvgIpc) is 2.41. The van der Waals surface area contributed by atoms with Gasteiger partial charge in [0.25, 0.3) is 0 Å². The van der Waals surface area contributed by atoms with Gasteiger partial charge in [0.2, 0.25) is 0 Å². The molecule has 0 amide bonds. The molecule has 1 aliphatic carbocycles. The molecule has 1 unspecified atom stereocenters. The lowest BCUT2D eigenvalue weighted by Gasteiger charge is -2.23. The lowest BCUT2D eigenvalue weighted by Crippen LogP contribution is -2.10. The van der Waals surface area contributed by atoms with E-state index in [1.54, 1.807) is 0 Å². The first kappa shape index (κ1) is 12.9. The number of rotatable bonds is 2. The maximum atomic E-state index is 11.3. The second-order valence-corrected chi connectivity index (χ2v) is 5.56. The molecule has 2 heteroatoms. The van der Waals surface area contributed by atoms with E-state index in [4.69, 9.17) is 4.74 Å². The zero-order chi connectivity index (χ0) is 14.3. The summed E-state index contributed by atoms with van der Waals surface area (Å²) in [6.07, 6.45) is 3.80. The molecule has 0 heterocycles. The number of carbonyl (C=O) groups excluding carboxylic acids is 1. The summed E-state index contributed by atoms with van der Waals surface area (Å²) in [4.78, 5) is 11.3. The molecule has 0 bridgehead atoms. The van der Waals surface area contributed by atoms with Crippen LogP contribution in [0.4, 0.5) is 0 Å². The molecule has 2 aromatic carbocycles. The van der Waals surface area contributed by atoms with E-state index < -0.39 is 0 Å². The molecule has 0 saturated carbocycles. The van der Waals surface area contributed by atoms with Crippen molar-refractivity contribution < 1.29 is 9.53 Å². The summed E-state index contributed by atoms with van der Waals surface area (Å²) in [6, 6.07) is 10.5. The van der Waals surface area contributed by atoms with Crippen molar-refractivity contribution in [2.75, 3.05) is 0 Å². The van der Waals surface area contributed by atoms with Crippen molar-refractivity contribution in [1.82, 2.24) is 0 Å². The highest BCUT2D eigenvalue weighted by molar-refractivity contribution is 5.97. The van der Waals surface area contributed by atoms with Crippen LogP contribution in [0.1, 0.15) is 49.5 Å². The van der Waals surface area contributed by atoms with Crippen LogP contribution in [-0.2, 0) is 9.53 Å². The van der Waals surface area contributed by atoms with Crippen LogP contribution in [0.2, 0.25) is 0 Å². The molecule has 1 aliphatic rings. The largest absolute Gasteiger partial charge is 0.453 e. The van der Waals surface area contributed by atoms with Gasteiger partial charge in [-0.25, -0.2) is 0 Å². The van der Waals surface area contributed by atoms with Gasteiger partial charge in [-0.2, -0.15) is 0 Å². The molecule has 0 N–H and O–H groups in total. The molecule has 20 heavy (non-hydrogen) atoms. The van der Waals surface area contributed by atoms with Gasteiger partial charge in [-0.05, 0) is 33.9 Å². The van der Waals surface area contributed by atoms with Crippen molar-refractivity contribution >= 4 is 22.8 Å². The summed E-state index contributed by atoms with van der Waals surface area (Å²) >= 11 is 0. The minimum atomic E-state index is -0.272. The van der Waals surface area contributed by atoms with Crippen LogP contribution < -0.4 is 0 Å². The summed E-state index contributed by atoms with van der Waals surface area (Å²) in [6.45, 7) is 5.85. The highest BCUT2D eigenvalue weighted by atomic mass is 16.5. The first-order valence-electron chi connectivity index (χ1n) is 6.99. The summed E-state index contributed by atoms with van der Waals surface area (Å²) in [5, 5.41) is 2.41. The molecule has 0 spiro atoms. The lowest BCUT2D eigenvalue weighted by molar-refractivity contribution is -0.144. The van der Waals surface area contributed by atoms with Gasteiger partial charge in [-0.3, -0.25) is 4.79 Å². The third kappa shape index (κ3) is 2.01. The van der Waals surface area contributed by atoms with E-state index in [2.05, 4.69) is 38.1 Å². The quantitative estimate of drug-likeness (QED) is 0.743. The third-order valence-corrected chi connectivity index (χ3v) is 3.81. The SMILES string of the molecule is CC(=O)OC1C=Cc2c(C(C)C)ccc3cccc1c23. The molecule has 0 aromatic heterocycles. The van der Waals surface area contributed by atoms with Gasteiger partial charge < -0.3 is 4.74 Å². The van der Waals surface area contributed by atoms with E-state index in [1.807, 2.05) is 18.2 Å². The summed E-state index contributed by atoms with van der Waals surface area (Å²) in [5.41, 5.74) is 3.68. The summed E-state index contributed by atoms with van der Waals surface area (Å²) in [7, 11) is 0. The van der Waals surface area contributed by atoms with E-state index in [0.29, 0.717) is 5.92 Å². The average molecular weight is 266 g/mol. The van der Waals surface area contributed by atoms with E-state index in [1.165, 1.54) is 28.8 Å². The lowest BCUT2D eigenvalue weighted by atomic mass is 9.85. The van der Waals surface area contributed by atoms with Crippen LogP contribution in [0.3, 0.4) is 0 Å². The van der Waals surface area contributed by atoms with Crippen LogP contribution in [-0.4, -0.2) is 5.97 Å². The number of esters is 1. The molecular formula is C18H18O2. The third-order valence-electron chi connectivity index (χ3n) is 3.81. The fraction of sp³-hybridized carbons (Fsp3) is 0.278. The van der Waals surface area contributed by atoms with Crippen molar-refractivity contribution in [3.63, 3.8) is 0 Å². The Bertz CT molecular complexity index is 711. The molecule has 0 saturated heterocycles. The van der Waals surface area contributed by atoms with Gasteiger partial charge in [-0.1, -0.05) is 50.3 Å². The Balaban J connectivity index is 2.26. The van der Waals surface area contributed by atoms with E-state index in [9.17, 15) is 4.79 Å². The fourth-order valence-corrected chi connectivity index (χ4v) is 2.94. The van der Waals surface area contributed by atoms with Gasteiger partial charge in [0, 0.05) is 12.5 Å². The smallest absolute Gasteiger partial charge is 0.303 e. The maximum absolute atomic E-state index is 11.3. The highest BCUT2D eigenvalue weighted by Crippen LogP contribution is 2.38. The van der Waals surface area contributed by atoms with E-state index in [-0.39, 0.29) is 12.1 Å². The van der Waals surface area contributed by atoms with Crippen molar-refractivity contribution in [2.24, 2.45) is 0 Å². The Kier molecular flexibility index (Phi) is 3.09. The molecule has 102 valence electrons. The minimum absolute atomic E-state index is 0.250. The zero-order valence-electron chi connectivity index (χ0n) is 12.0. The molecule has 0 fully saturated rings. The molecule has 0 radical (unpaired) electrons. The van der Waals surface area contributed by atoms with Crippen molar-refractivity contribution in [3.8, 4) is 0 Å². The Hall–Kier alpha value is -2.09. The zero-order valence-corrected chi connectivity index (χ0v) is 12.0. The predicted octanol–water partition coefficient (Wildman–Crippen LogP) is 4.59. The van der Waals surface area contributed by atoms with Gasteiger partial charge in [0.1, 0.15) is 6.10 Å². The standard InChI is InChI=1S/C18H18O2/c1-11(2)14-8-7-13-5-4-6-16-17(20-12(3)19)10-9-15(14)18(13)16/h4-11,17H,1-3H3. The van der Waals surface area contributed by atoms with Crippen molar-refractivity contribution in [2.45, 2.75) is 32.8 Å². The predicted molar refractivity (Wildman–Crippen MR) is 81.6 cm³/mol. The number of hydrogen-bond acceptors (Lipinski definition) is 2. The topological polar surface area (TPSA) is 26.3 Å². The van der Waals surface area contributed by atoms with Gasteiger partial charge >= 0.3 is 5.97 Å². The first-order chi connectivity index (χ1) is 9.58. The second-order valence-electron chi connectivity index (χ2n) is 5.56. The van der Waals surface area contributed by atoms with Crippen molar-refractivity contribution in [1.29, 1.82) is 0 Å². The maximum Gasteiger partial charge on any atom is 0.303 e. The molecule has 3 rings (SSSR count). The fourth-order valence-electron chi connectivity index (χ4n) is 2.94. The number of hydrogen-bond donors (Lipinski definition) is 0. The number of ether oxygens (including phenoxy) is 1. The Morgan fingerprint density at radius 3 is 2.70 bits per heavy atom. The summed E-state index contributed by atoms with van der Waals surface area (Å²) in [5.74, 6) is 0.220. The van der Waals surface area contributed by atoms with Gasteiger partial charge in [0.15, 0.2) is 0 Å². The summed E-state index contributed by atoms with van der Waals surface area (Å²) < 4.78 is 5.41. The second kappa shape index (κ2) is 4.78. The van der Waals surface area contributed by atoms with Crippen LogP contribution in [0.5, 0.6) is 0 Å².